The average Bonchev–Trinajstić information content (AvgIpc) is 2.41. The van der Waals surface area contributed by atoms with Crippen LogP contribution in [0, 0.1) is 0 Å². The van der Waals surface area contributed by atoms with Gasteiger partial charge in [-0.2, -0.15) is 0 Å². The standard InChI is InChI=1S/C12H8Br2N2O4S/c13-9-4-3-7(6-8(9)12(17)18)21(19,20)16-11-10(14)2-1-5-15-11/h1-6H,(H,15,16)(H,17,18). The van der Waals surface area contributed by atoms with Crippen molar-refractivity contribution in [3.8, 4) is 0 Å². The third-order valence-corrected chi connectivity index (χ3v) is 5.14. The number of benzene rings is 1. The van der Waals surface area contributed by atoms with E-state index in [1.807, 2.05) is 0 Å². The lowest BCUT2D eigenvalue weighted by atomic mass is 10.2. The molecule has 0 aliphatic carbocycles. The van der Waals surface area contributed by atoms with Crippen LogP contribution in [-0.2, 0) is 10.0 Å². The highest BCUT2D eigenvalue weighted by molar-refractivity contribution is 9.11. The Bertz CT molecular complexity index is 809. The van der Waals surface area contributed by atoms with E-state index in [0.29, 0.717) is 8.95 Å². The number of carboxylic acids is 1. The molecule has 0 amide bonds. The summed E-state index contributed by atoms with van der Waals surface area (Å²) in [5.41, 5.74) is -0.141. The van der Waals surface area contributed by atoms with Crippen LogP contribution in [0.5, 0.6) is 0 Å². The molecule has 0 saturated heterocycles. The summed E-state index contributed by atoms with van der Waals surface area (Å²) in [5, 5.41) is 9.02. The van der Waals surface area contributed by atoms with Gasteiger partial charge in [0.05, 0.1) is 14.9 Å². The lowest BCUT2D eigenvalue weighted by Crippen LogP contribution is -2.15. The van der Waals surface area contributed by atoms with Crippen molar-refractivity contribution < 1.29 is 18.3 Å². The Kier molecular flexibility index (Phi) is 4.64. The maximum absolute atomic E-state index is 12.3. The lowest BCUT2D eigenvalue weighted by molar-refractivity contribution is 0.0695. The number of pyridine rings is 1. The predicted molar refractivity (Wildman–Crippen MR) is 83.8 cm³/mol. The first kappa shape index (κ1) is 15.9. The fraction of sp³-hybridized carbons (Fsp3) is 0. The van der Waals surface area contributed by atoms with Crippen molar-refractivity contribution in [3.05, 3.63) is 51.0 Å². The summed E-state index contributed by atoms with van der Waals surface area (Å²) >= 11 is 6.24. The van der Waals surface area contributed by atoms with Gasteiger partial charge in [-0.25, -0.2) is 18.2 Å². The Balaban J connectivity index is 2.43. The molecule has 0 aliphatic rings. The summed E-state index contributed by atoms with van der Waals surface area (Å²) in [6, 6.07) is 7.02. The van der Waals surface area contributed by atoms with E-state index in [2.05, 4.69) is 41.6 Å². The summed E-state index contributed by atoms with van der Waals surface area (Å²) < 4.78 is 27.6. The average molecular weight is 436 g/mol. The number of halogens is 2. The first-order valence-corrected chi connectivity index (χ1v) is 8.54. The molecule has 0 atom stereocenters. The SMILES string of the molecule is O=C(O)c1cc(S(=O)(=O)Nc2ncccc2Br)ccc1Br. The lowest BCUT2D eigenvalue weighted by Gasteiger charge is -2.09. The smallest absolute Gasteiger partial charge is 0.336 e. The Labute approximate surface area is 137 Å². The predicted octanol–water partition coefficient (Wildman–Crippen LogP) is 3.11. The summed E-state index contributed by atoms with van der Waals surface area (Å²) in [6.07, 6.45) is 1.44. The third-order valence-electron chi connectivity index (χ3n) is 2.47. The van der Waals surface area contributed by atoms with E-state index in [1.165, 1.54) is 18.3 Å². The van der Waals surface area contributed by atoms with Gasteiger partial charge in [0, 0.05) is 10.7 Å². The molecule has 1 aromatic heterocycles. The normalized spacial score (nSPS) is 11.1. The molecule has 0 aliphatic heterocycles. The Morgan fingerprint density at radius 1 is 1.19 bits per heavy atom. The molecule has 0 bridgehead atoms. The number of nitrogens with one attached hydrogen (secondary N) is 1. The molecule has 21 heavy (non-hydrogen) atoms. The number of aromatic carboxylic acids is 1. The highest BCUT2D eigenvalue weighted by Crippen LogP contribution is 2.25. The fourth-order valence-corrected chi connectivity index (χ4v) is 3.44. The van der Waals surface area contributed by atoms with Gasteiger partial charge >= 0.3 is 5.97 Å². The third kappa shape index (κ3) is 3.60. The van der Waals surface area contributed by atoms with Crippen molar-refractivity contribution in [2.75, 3.05) is 4.72 Å². The molecule has 0 spiro atoms. The quantitative estimate of drug-likeness (QED) is 0.768. The number of hydrogen-bond acceptors (Lipinski definition) is 4. The van der Waals surface area contributed by atoms with Crippen molar-refractivity contribution >= 4 is 53.7 Å². The van der Waals surface area contributed by atoms with Crippen molar-refractivity contribution in [2.45, 2.75) is 4.90 Å². The maximum atomic E-state index is 12.3. The summed E-state index contributed by atoms with van der Waals surface area (Å²) in [4.78, 5) is 14.8. The minimum atomic E-state index is -3.94. The highest BCUT2D eigenvalue weighted by atomic mass is 79.9. The van der Waals surface area contributed by atoms with Crippen LogP contribution in [0.2, 0.25) is 0 Å². The minimum absolute atomic E-state index is 0.122. The van der Waals surface area contributed by atoms with Crippen LogP contribution < -0.4 is 4.72 Å². The van der Waals surface area contributed by atoms with E-state index >= 15 is 0 Å². The van der Waals surface area contributed by atoms with Gasteiger partial charge in [0.15, 0.2) is 5.82 Å². The Morgan fingerprint density at radius 3 is 2.52 bits per heavy atom. The Hall–Kier alpha value is -1.45. The molecule has 0 saturated carbocycles. The van der Waals surface area contributed by atoms with Gasteiger partial charge in [0.25, 0.3) is 10.0 Å². The molecular formula is C12H8Br2N2O4S. The second-order valence-corrected chi connectivity index (χ2v) is 7.28. The van der Waals surface area contributed by atoms with Crippen LogP contribution in [0.4, 0.5) is 5.82 Å². The number of hydrogen-bond donors (Lipinski definition) is 2. The molecule has 2 rings (SSSR count). The van der Waals surface area contributed by atoms with E-state index in [0.717, 1.165) is 6.07 Å². The van der Waals surface area contributed by atoms with Gasteiger partial charge in [-0.15, -0.1) is 0 Å². The van der Waals surface area contributed by atoms with Gasteiger partial charge in [0.1, 0.15) is 0 Å². The van der Waals surface area contributed by atoms with E-state index in [4.69, 9.17) is 5.11 Å². The van der Waals surface area contributed by atoms with Crippen LogP contribution in [0.15, 0.2) is 50.4 Å². The number of nitrogens with zero attached hydrogens (tertiary/aromatic N) is 1. The minimum Gasteiger partial charge on any atom is -0.478 e. The summed E-state index contributed by atoms with van der Waals surface area (Å²) in [7, 11) is -3.94. The number of sulfonamides is 1. The van der Waals surface area contributed by atoms with Gasteiger partial charge < -0.3 is 5.11 Å². The molecule has 0 unspecified atom stereocenters. The van der Waals surface area contributed by atoms with Crippen LogP contribution in [-0.4, -0.2) is 24.5 Å². The van der Waals surface area contributed by atoms with Gasteiger partial charge in [-0.1, -0.05) is 0 Å². The van der Waals surface area contributed by atoms with Crippen molar-refractivity contribution in [1.82, 2.24) is 4.98 Å². The molecule has 1 aromatic carbocycles. The Morgan fingerprint density at radius 2 is 1.90 bits per heavy atom. The van der Waals surface area contributed by atoms with Crippen LogP contribution in [0.3, 0.4) is 0 Å². The second kappa shape index (κ2) is 6.12. The number of rotatable bonds is 4. The first-order chi connectivity index (χ1) is 9.81. The monoisotopic (exact) mass is 434 g/mol. The zero-order chi connectivity index (χ0) is 15.6. The summed E-state index contributed by atoms with van der Waals surface area (Å²) in [6.45, 7) is 0. The van der Waals surface area contributed by atoms with Crippen molar-refractivity contribution in [2.24, 2.45) is 0 Å². The van der Waals surface area contributed by atoms with Gasteiger partial charge in [0.2, 0.25) is 0 Å². The molecule has 6 nitrogen and oxygen atoms in total. The van der Waals surface area contributed by atoms with E-state index in [-0.39, 0.29) is 16.3 Å². The fourth-order valence-electron chi connectivity index (χ4n) is 1.48. The van der Waals surface area contributed by atoms with E-state index in [9.17, 15) is 13.2 Å². The maximum Gasteiger partial charge on any atom is 0.336 e. The van der Waals surface area contributed by atoms with Crippen molar-refractivity contribution in [1.29, 1.82) is 0 Å². The summed E-state index contributed by atoms with van der Waals surface area (Å²) in [5.74, 6) is -1.10. The topological polar surface area (TPSA) is 96.4 Å². The molecule has 2 N–H and O–H groups in total. The van der Waals surface area contributed by atoms with Crippen LogP contribution in [0.1, 0.15) is 10.4 Å². The number of carbonyl (C=O) groups is 1. The van der Waals surface area contributed by atoms with E-state index < -0.39 is 16.0 Å². The van der Waals surface area contributed by atoms with E-state index in [1.54, 1.807) is 12.1 Å². The van der Waals surface area contributed by atoms with Crippen LogP contribution in [0.25, 0.3) is 0 Å². The second-order valence-electron chi connectivity index (χ2n) is 3.89. The number of anilines is 1. The molecule has 0 fully saturated rings. The molecule has 1 heterocycles. The zero-order valence-electron chi connectivity index (χ0n) is 10.2. The van der Waals surface area contributed by atoms with Crippen LogP contribution >= 0.6 is 31.9 Å². The molecule has 9 heteroatoms. The first-order valence-electron chi connectivity index (χ1n) is 5.47. The number of aromatic nitrogens is 1. The molecule has 0 radical (unpaired) electrons. The zero-order valence-corrected chi connectivity index (χ0v) is 14.2. The molecule has 110 valence electrons. The number of carboxylic acid groups (broad SMARTS) is 1. The van der Waals surface area contributed by atoms with Crippen molar-refractivity contribution in [3.63, 3.8) is 0 Å². The van der Waals surface area contributed by atoms with Gasteiger partial charge in [-0.05, 0) is 62.2 Å². The molecular weight excluding hydrogens is 428 g/mol. The highest BCUT2D eigenvalue weighted by Gasteiger charge is 2.19. The largest absolute Gasteiger partial charge is 0.478 e. The molecule has 2 aromatic rings. The van der Waals surface area contributed by atoms with Gasteiger partial charge in [-0.3, -0.25) is 4.72 Å².